The van der Waals surface area contributed by atoms with Crippen molar-refractivity contribution >= 4 is 0 Å². The Kier molecular flexibility index (Phi) is 5.10. The van der Waals surface area contributed by atoms with Crippen molar-refractivity contribution in [1.82, 2.24) is 0 Å². The van der Waals surface area contributed by atoms with Crippen LogP contribution in [0.3, 0.4) is 0 Å². The summed E-state index contributed by atoms with van der Waals surface area (Å²) in [5.74, 6) is 0.698. The molecule has 0 bridgehead atoms. The molecule has 0 amide bonds. The van der Waals surface area contributed by atoms with Gasteiger partial charge in [0.05, 0.1) is 0 Å². The largest absolute Gasteiger partial charge is 0.491 e. The van der Waals surface area contributed by atoms with E-state index in [4.69, 9.17) is 15.6 Å². The lowest BCUT2D eigenvalue weighted by Gasteiger charge is -2.10. The molecule has 1 aromatic carbocycles. The van der Waals surface area contributed by atoms with Gasteiger partial charge in [0.25, 0.3) is 0 Å². The summed E-state index contributed by atoms with van der Waals surface area (Å²) < 4.78 is 5.30. The van der Waals surface area contributed by atoms with E-state index in [1.165, 1.54) is 0 Å². The first-order valence-electron chi connectivity index (χ1n) is 4.97. The standard InChI is InChI=1S/C11H17NO3/c12-7-10(14)8-15-11-3-1-9(2-4-11)5-6-13/h1-4,10,13-14H,5-8,12H2. The molecule has 15 heavy (non-hydrogen) atoms. The molecule has 0 spiro atoms. The fourth-order valence-corrected chi connectivity index (χ4v) is 1.14. The Labute approximate surface area is 89.3 Å². The number of benzene rings is 1. The van der Waals surface area contributed by atoms with Gasteiger partial charge in [-0.15, -0.1) is 0 Å². The van der Waals surface area contributed by atoms with Crippen LogP contribution < -0.4 is 10.5 Å². The molecule has 4 N–H and O–H groups in total. The molecule has 4 nitrogen and oxygen atoms in total. The highest BCUT2D eigenvalue weighted by molar-refractivity contribution is 5.27. The van der Waals surface area contributed by atoms with Crippen molar-refractivity contribution in [3.05, 3.63) is 29.8 Å². The van der Waals surface area contributed by atoms with E-state index in [9.17, 15) is 5.11 Å². The van der Waals surface area contributed by atoms with Gasteiger partial charge in [0.15, 0.2) is 0 Å². The zero-order valence-electron chi connectivity index (χ0n) is 8.60. The van der Waals surface area contributed by atoms with Gasteiger partial charge in [-0.2, -0.15) is 0 Å². The number of aliphatic hydroxyl groups is 2. The lowest BCUT2D eigenvalue weighted by Crippen LogP contribution is -2.26. The van der Waals surface area contributed by atoms with Gasteiger partial charge in [-0.3, -0.25) is 0 Å². The van der Waals surface area contributed by atoms with E-state index >= 15 is 0 Å². The summed E-state index contributed by atoms with van der Waals surface area (Å²) in [5.41, 5.74) is 6.30. The minimum atomic E-state index is -0.623. The first-order chi connectivity index (χ1) is 7.26. The molecule has 1 unspecified atom stereocenters. The van der Waals surface area contributed by atoms with E-state index < -0.39 is 6.10 Å². The van der Waals surface area contributed by atoms with Gasteiger partial charge in [-0.1, -0.05) is 12.1 Å². The number of nitrogens with two attached hydrogens (primary N) is 1. The Balaban J connectivity index is 2.42. The Hall–Kier alpha value is -1.10. The van der Waals surface area contributed by atoms with E-state index in [1.807, 2.05) is 24.3 Å². The van der Waals surface area contributed by atoms with Gasteiger partial charge in [0.2, 0.25) is 0 Å². The molecular formula is C11H17NO3. The second-order valence-corrected chi connectivity index (χ2v) is 3.32. The first-order valence-corrected chi connectivity index (χ1v) is 4.97. The third-order valence-electron chi connectivity index (χ3n) is 2.04. The van der Waals surface area contributed by atoms with Crippen LogP contribution >= 0.6 is 0 Å². The molecule has 1 rings (SSSR count). The van der Waals surface area contributed by atoms with E-state index in [-0.39, 0.29) is 19.8 Å². The highest BCUT2D eigenvalue weighted by Crippen LogP contribution is 2.12. The van der Waals surface area contributed by atoms with Crippen LogP contribution in [0.5, 0.6) is 5.75 Å². The highest BCUT2D eigenvalue weighted by atomic mass is 16.5. The van der Waals surface area contributed by atoms with Gasteiger partial charge in [-0.05, 0) is 24.1 Å². The summed E-state index contributed by atoms with van der Waals surface area (Å²) in [5, 5.41) is 17.9. The van der Waals surface area contributed by atoms with E-state index in [1.54, 1.807) is 0 Å². The lowest BCUT2D eigenvalue weighted by molar-refractivity contribution is 0.114. The van der Waals surface area contributed by atoms with E-state index in [0.29, 0.717) is 12.2 Å². The van der Waals surface area contributed by atoms with Gasteiger partial charge in [-0.25, -0.2) is 0 Å². The van der Waals surface area contributed by atoms with Gasteiger partial charge in [0, 0.05) is 13.2 Å². The molecule has 1 atom stereocenters. The monoisotopic (exact) mass is 211 g/mol. The number of aliphatic hydroxyl groups excluding tert-OH is 2. The van der Waals surface area contributed by atoms with Crippen molar-refractivity contribution in [3.63, 3.8) is 0 Å². The second kappa shape index (κ2) is 6.40. The van der Waals surface area contributed by atoms with Gasteiger partial charge < -0.3 is 20.7 Å². The Bertz CT molecular complexity index is 274. The van der Waals surface area contributed by atoms with Crippen LogP contribution in [0.2, 0.25) is 0 Å². The third-order valence-corrected chi connectivity index (χ3v) is 2.04. The number of ether oxygens (including phenoxy) is 1. The zero-order chi connectivity index (χ0) is 11.1. The van der Waals surface area contributed by atoms with Crippen LogP contribution in [0.15, 0.2) is 24.3 Å². The average molecular weight is 211 g/mol. The van der Waals surface area contributed by atoms with Crippen molar-refractivity contribution in [2.75, 3.05) is 19.8 Å². The molecule has 0 saturated carbocycles. The SMILES string of the molecule is NCC(O)COc1ccc(CCO)cc1. The summed E-state index contributed by atoms with van der Waals surface area (Å²) in [6.07, 6.45) is 0.0215. The summed E-state index contributed by atoms with van der Waals surface area (Å²) >= 11 is 0. The average Bonchev–Trinajstić information content (AvgIpc) is 2.28. The van der Waals surface area contributed by atoms with Gasteiger partial charge in [0.1, 0.15) is 18.5 Å². The molecule has 0 radical (unpaired) electrons. The fraction of sp³-hybridized carbons (Fsp3) is 0.455. The van der Waals surface area contributed by atoms with Crippen LogP contribution in [0.4, 0.5) is 0 Å². The van der Waals surface area contributed by atoms with Gasteiger partial charge >= 0.3 is 0 Å². The first kappa shape index (κ1) is 12.0. The molecule has 0 aliphatic heterocycles. The maximum Gasteiger partial charge on any atom is 0.119 e. The Morgan fingerprint density at radius 3 is 2.47 bits per heavy atom. The van der Waals surface area contributed by atoms with Crippen molar-refractivity contribution in [3.8, 4) is 5.75 Å². The molecular weight excluding hydrogens is 194 g/mol. The molecule has 0 aliphatic rings. The molecule has 84 valence electrons. The quantitative estimate of drug-likeness (QED) is 0.615. The molecule has 0 aromatic heterocycles. The topological polar surface area (TPSA) is 75.7 Å². The summed E-state index contributed by atoms with van der Waals surface area (Å²) in [4.78, 5) is 0. The second-order valence-electron chi connectivity index (χ2n) is 3.32. The zero-order valence-corrected chi connectivity index (χ0v) is 8.60. The molecule has 4 heteroatoms. The lowest BCUT2D eigenvalue weighted by atomic mass is 10.1. The smallest absolute Gasteiger partial charge is 0.119 e. The van der Waals surface area contributed by atoms with Crippen LogP contribution in [0.1, 0.15) is 5.56 Å². The van der Waals surface area contributed by atoms with Crippen molar-refractivity contribution in [2.45, 2.75) is 12.5 Å². The van der Waals surface area contributed by atoms with Crippen molar-refractivity contribution < 1.29 is 14.9 Å². The maximum absolute atomic E-state index is 9.18. The third kappa shape index (κ3) is 4.29. The summed E-state index contributed by atoms with van der Waals surface area (Å²) in [6, 6.07) is 7.41. The minimum Gasteiger partial charge on any atom is -0.491 e. The minimum absolute atomic E-state index is 0.145. The molecule has 0 heterocycles. The van der Waals surface area contributed by atoms with Crippen LogP contribution in [0.25, 0.3) is 0 Å². The molecule has 0 fully saturated rings. The van der Waals surface area contributed by atoms with E-state index in [2.05, 4.69) is 0 Å². The highest BCUT2D eigenvalue weighted by Gasteiger charge is 2.01. The Morgan fingerprint density at radius 2 is 1.93 bits per heavy atom. The van der Waals surface area contributed by atoms with Crippen molar-refractivity contribution in [2.24, 2.45) is 5.73 Å². The van der Waals surface area contributed by atoms with Crippen LogP contribution in [0, 0.1) is 0 Å². The predicted octanol–water partition coefficient (Wildman–Crippen LogP) is -0.0802. The van der Waals surface area contributed by atoms with Crippen LogP contribution in [-0.4, -0.2) is 36.1 Å². The maximum atomic E-state index is 9.18. The number of hydrogen-bond acceptors (Lipinski definition) is 4. The van der Waals surface area contributed by atoms with Crippen molar-refractivity contribution in [1.29, 1.82) is 0 Å². The van der Waals surface area contributed by atoms with Crippen LogP contribution in [-0.2, 0) is 6.42 Å². The fourth-order valence-electron chi connectivity index (χ4n) is 1.14. The summed E-state index contributed by atoms with van der Waals surface area (Å²) in [7, 11) is 0. The summed E-state index contributed by atoms with van der Waals surface area (Å²) in [6.45, 7) is 0.546. The number of rotatable bonds is 6. The number of hydrogen-bond donors (Lipinski definition) is 3. The molecule has 0 aliphatic carbocycles. The molecule has 0 saturated heterocycles. The predicted molar refractivity (Wildman–Crippen MR) is 57.8 cm³/mol. The molecule has 1 aromatic rings. The normalized spacial score (nSPS) is 12.5. The Morgan fingerprint density at radius 1 is 1.27 bits per heavy atom. The van der Waals surface area contributed by atoms with E-state index in [0.717, 1.165) is 5.56 Å².